The molecule has 4 heteroatoms. The first-order valence-electron chi connectivity index (χ1n) is 5.01. The lowest BCUT2D eigenvalue weighted by molar-refractivity contribution is -0.271. The fourth-order valence-electron chi connectivity index (χ4n) is 1.73. The second kappa shape index (κ2) is 4.26. The summed E-state index contributed by atoms with van der Waals surface area (Å²) in [6.45, 7) is 1.21. The number of hydrogen-bond acceptors (Lipinski definition) is 3. The summed E-state index contributed by atoms with van der Waals surface area (Å²) in [6, 6.07) is 6.41. The first-order chi connectivity index (χ1) is 7.28. The Bertz CT molecular complexity index is 337. The molecule has 82 valence electrons. The monoisotopic (exact) mass is 211 g/mol. The van der Waals surface area contributed by atoms with E-state index in [0.29, 0.717) is 18.8 Å². The summed E-state index contributed by atoms with van der Waals surface area (Å²) in [5.41, 5.74) is 6.00. The van der Waals surface area contributed by atoms with Gasteiger partial charge in [0.15, 0.2) is 0 Å². The summed E-state index contributed by atoms with van der Waals surface area (Å²) >= 11 is 0. The molecule has 0 spiro atoms. The summed E-state index contributed by atoms with van der Waals surface area (Å²) in [7, 11) is 0. The summed E-state index contributed by atoms with van der Waals surface area (Å²) < 4.78 is 24.6. The highest BCUT2D eigenvalue weighted by Crippen LogP contribution is 2.31. The van der Waals surface area contributed by atoms with E-state index < -0.39 is 5.79 Å². The van der Waals surface area contributed by atoms with Gasteiger partial charge in [0, 0.05) is 5.56 Å². The highest BCUT2D eigenvalue weighted by Gasteiger charge is 2.37. The zero-order chi connectivity index (χ0) is 10.7. The third-order valence-electron chi connectivity index (χ3n) is 2.51. The van der Waals surface area contributed by atoms with Crippen LogP contribution in [0.5, 0.6) is 0 Å². The SMILES string of the molecule is NCC1(c2ccccc2F)OCCCO1. The van der Waals surface area contributed by atoms with Crippen LogP contribution < -0.4 is 5.73 Å². The molecule has 1 aromatic carbocycles. The van der Waals surface area contributed by atoms with Crippen molar-refractivity contribution in [2.24, 2.45) is 5.73 Å². The predicted molar refractivity (Wildman–Crippen MR) is 53.7 cm³/mol. The summed E-state index contributed by atoms with van der Waals surface area (Å²) in [6.07, 6.45) is 0.816. The molecule has 1 aromatic rings. The second-order valence-electron chi connectivity index (χ2n) is 3.49. The Morgan fingerprint density at radius 3 is 2.53 bits per heavy atom. The van der Waals surface area contributed by atoms with E-state index in [-0.39, 0.29) is 12.4 Å². The smallest absolute Gasteiger partial charge is 0.210 e. The number of hydrogen-bond donors (Lipinski definition) is 1. The minimum Gasteiger partial charge on any atom is -0.345 e. The first kappa shape index (κ1) is 10.5. The summed E-state index contributed by atoms with van der Waals surface area (Å²) in [5.74, 6) is -1.44. The minimum atomic E-state index is -1.09. The molecule has 15 heavy (non-hydrogen) atoms. The third-order valence-corrected chi connectivity index (χ3v) is 2.51. The molecule has 0 aliphatic carbocycles. The summed E-state index contributed by atoms with van der Waals surface area (Å²) in [4.78, 5) is 0. The van der Waals surface area contributed by atoms with Gasteiger partial charge in [0.25, 0.3) is 0 Å². The molecule has 2 N–H and O–H groups in total. The van der Waals surface area contributed by atoms with Crippen LogP contribution in [0.2, 0.25) is 0 Å². The van der Waals surface area contributed by atoms with Gasteiger partial charge in [-0.2, -0.15) is 0 Å². The Kier molecular flexibility index (Phi) is 3.00. The molecular formula is C11H14FNO2. The standard InChI is InChI=1S/C11H14FNO2/c12-10-5-2-1-4-9(10)11(8-13)14-6-3-7-15-11/h1-2,4-5H,3,6-8,13H2. The molecule has 1 fully saturated rings. The van der Waals surface area contributed by atoms with Crippen molar-refractivity contribution in [3.8, 4) is 0 Å². The van der Waals surface area contributed by atoms with Crippen LogP contribution in [0, 0.1) is 5.82 Å². The molecule has 0 amide bonds. The van der Waals surface area contributed by atoms with Crippen LogP contribution in [0.4, 0.5) is 4.39 Å². The van der Waals surface area contributed by atoms with E-state index in [4.69, 9.17) is 15.2 Å². The van der Waals surface area contributed by atoms with Crippen LogP contribution in [0.1, 0.15) is 12.0 Å². The number of nitrogens with two attached hydrogens (primary N) is 1. The largest absolute Gasteiger partial charge is 0.345 e. The molecule has 1 aliphatic heterocycles. The molecule has 1 heterocycles. The molecular weight excluding hydrogens is 197 g/mol. The normalized spacial score (nSPS) is 20.1. The number of rotatable bonds is 2. The van der Waals surface area contributed by atoms with Crippen LogP contribution in [-0.4, -0.2) is 19.8 Å². The number of halogens is 1. The third kappa shape index (κ3) is 1.88. The maximum absolute atomic E-state index is 13.6. The van der Waals surface area contributed by atoms with Crippen molar-refractivity contribution in [2.45, 2.75) is 12.2 Å². The Balaban J connectivity index is 2.36. The molecule has 0 unspecified atom stereocenters. The van der Waals surface area contributed by atoms with E-state index in [9.17, 15) is 4.39 Å². The molecule has 1 saturated heterocycles. The second-order valence-corrected chi connectivity index (χ2v) is 3.49. The Morgan fingerprint density at radius 2 is 1.93 bits per heavy atom. The zero-order valence-electron chi connectivity index (χ0n) is 8.41. The van der Waals surface area contributed by atoms with E-state index in [2.05, 4.69) is 0 Å². The average molecular weight is 211 g/mol. The number of ether oxygens (including phenoxy) is 2. The Labute approximate surface area is 88.0 Å². The fraction of sp³-hybridized carbons (Fsp3) is 0.455. The minimum absolute atomic E-state index is 0.119. The van der Waals surface area contributed by atoms with Crippen LogP contribution in [0.15, 0.2) is 24.3 Å². The fourth-order valence-corrected chi connectivity index (χ4v) is 1.73. The maximum atomic E-state index is 13.6. The highest BCUT2D eigenvalue weighted by atomic mass is 19.1. The molecule has 0 atom stereocenters. The Hall–Kier alpha value is -0.970. The number of benzene rings is 1. The van der Waals surface area contributed by atoms with Crippen molar-refractivity contribution in [3.63, 3.8) is 0 Å². The molecule has 0 bridgehead atoms. The highest BCUT2D eigenvalue weighted by molar-refractivity contribution is 5.23. The topological polar surface area (TPSA) is 44.5 Å². The molecule has 2 rings (SSSR count). The first-order valence-corrected chi connectivity index (χ1v) is 5.01. The van der Waals surface area contributed by atoms with Gasteiger partial charge in [-0.1, -0.05) is 18.2 Å². The lowest BCUT2D eigenvalue weighted by Crippen LogP contribution is -2.44. The van der Waals surface area contributed by atoms with Gasteiger partial charge in [0.1, 0.15) is 5.82 Å². The molecule has 1 aliphatic rings. The molecule has 3 nitrogen and oxygen atoms in total. The van der Waals surface area contributed by atoms with Crippen molar-refractivity contribution in [1.82, 2.24) is 0 Å². The van der Waals surface area contributed by atoms with Crippen molar-refractivity contribution < 1.29 is 13.9 Å². The molecule has 0 radical (unpaired) electrons. The van der Waals surface area contributed by atoms with E-state index in [1.807, 2.05) is 0 Å². The van der Waals surface area contributed by atoms with Gasteiger partial charge in [-0.25, -0.2) is 4.39 Å². The maximum Gasteiger partial charge on any atom is 0.210 e. The van der Waals surface area contributed by atoms with Gasteiger partial charge >= 0.3 is 0 Å². The summed E-state index contributed by atoms with van der Waals surface area (Å²) in [5, 5.41) is 0. The van der Waals surface area contributed by atoms with E-state index in [1.54, 1.807) is 18.2 Å². The van der Waals surface area contributed by atoms with Crippen molar-refractivity contribution in [1.29, 1.82) is 0 Å². The van der Waals surface area contributed by atoms with Gasteiger partial charge in [-0.15, -0.1) is 0 Å². The van der Waals surface area contributed by atoms with E-state index in [1.165, 1.54) is 6.07 Å². The lowest BCUT2D eigenvalue weighted by atomic mass is 10.0. The van der Waals surface area contributed by atoms with E-state index >= 15 is 0 Å². The van der Waals surface area contributed by atoms with Crippen molar-refractivity contribution >= 4 is 0 Å². The zero-order valence-corrected chi connectivity index (χ0v) is 8.41. The average Bonchev–Trinajstić information content (AvgIpc) is 2.30. The lowest BCUT2D eigenvalue weighted by Gasteiger charge is -2.36. The van der Waals surface area contributed by atoms with Crippen LogP contribution in [0.25, 0.3) is 0 Å². The van der Waals surface area contributed by atoms with Crippen molar-refractivity contribution in [3.05, 3.63) is 35.6 Å². The molecule has 0 saturated carbocycles. The quantitative estimate of drug-likeness (QED) is 0.803. The van der Waals surface area contributed by atoms with Crippen LogP contribution in [0.3, 0.4) is 0 Å². The van der Waals surface area contributed by atoms with Gasteiger partial charge in [-0.3, -0.25) is 0 Å². The van der Waals surface area contributed by atoms with Gasteiger partial charge < -0.3 is 15.2 Å². The predicted octanol–water partition coefficient (Wildman–Crippen LogP) is 1.37. The van der Waals surface area contributed by atoms with Gasteiger partial charge in [-0.05, 0) is 12.5 Å². The van der Waals surface area contributed by atoms with Gasteiger partial charge in [0.2, 0.25) is 5.79 Å². The molecule has 0 aromatic heterocycles. The van der Waals surface area contributed by atoms with Crippen LogP contribution >= 0.6 is 0 Å². The van der Waals surface area contributed by atoms with E-state index in [0.717, 1.165) is 6.42 Å². The van der Waals surface area contributed by atoms with Crippen LogP contribution in [-0.2, 0) is 15.3 Å². The van der Waals surface area contributed by atoms with Gasteiger partial charge in [0.05, 0.1) is 19.8 Å². The Morgan fingerprint density at radius 1 is 1.27 bits per heavy atom. The van der Waals surface area contributed by atoms with Crippen molar-refractivity contribution in [2.75, 3.05) is 19.8 Å².